The van der Waals surface area contributed by atoms with E-state index in [9.17, 15) is 9.59 Å². The van der Waals surface area contributed by atoms with Gasteiger partial charge in [-0.25, -0.2) is 4.79 Å². The molecule has 1 aliphatic rings. The molecule has 3 rings (SSSR count). The lowest BCUT2D eigenvalue weighted by atomic mass is 9.79. The van der Waals surface area contributed by atoms with Crippen molar-refractivity contribution in [3.63, 3.8) is 0 Å². The Bertz CT molecular complexity index is 1250. The number of nitrogens with zero attached hydrogens (tertiary/aromatic N) is 3. The molecule has 0 unspecified atom stereocenters. The van der Waals surface area contributed by atoms with Crippen LogP contribution >= 0.6 is 11.6 Å². The first-order valence-electron chi connectivity index (χ1n) is 15.0. The van der Waals surface area contributed by atoms with Crippen molar-refractivity contribution >= 4 is 41.5 Å². The highest BCUT2D eigenvalue weighted by molar-refractivity contribution is 6.31. The van der Waals surface area contributed by atoms with E-state index in [2.05, 4.69) is 22.8 Å². The molecular formula is C34H48ClN3O5. The Morgan fingerprint density at radius 2 is 1.77 bits per heavy atom. The zero-order valence-electron chi connectivity index (χ0n) is 26.8. The van der Waals surface area contributed by atoms with Crippen LogP contribution in [0, 0.1) is 12.3 Å². The zero-order valence-corrected chi connectivity index (χ0v) is 27.6. The number of anilines is 2. The summed E-state index contributed by atoms with van der Waals surface area (Å²) in [7, 11) is 1.81. The van der Waals surface area contributed by atoms with Crippen molar-refractivity contribution in [2.45, 2.75) is 60.0 Å². The van der Waals surface area contributed by atoms with Gasteiger partial charge in [0.2, 0.25) is 0 Å². The highest BCUT2D eigenvalue weighted by atomic mass is 35.5. The molecule has 1 fully saturated rings. The molecule has 0 amide bonds. The minimum absolute atomic E-state index is 0.0193. The van der Waals surface area contributed by atoms with Crippen LogP contribution in [0.4, 0.5) is 16.2 Å². The van der Waals surface area contributed by atoms with Gasteiger partial charge in [0.1, 0.15) is 17.6 Å². The van der Waals surface area contributed by atoms with Gasteiger partial charge in [0.25, 0.3) is 0 Å². The number of aldehydes is 1. The lowest BCUT2D eigenvalue weighted by Gasteiger charge is -2.37. The normalized spacial score (nSPS) is 14.6. The quantitative estimate of drug-likeness (QED) is 0.0771. The van der Waals surface area contributed by atoms with Crippen LogP contribution in [0.2, 0.25) is 5.02 Å². The Balaban J connectivity index is 1.47. The summed E-state index contributed by atoms with van der Waals surface area (Å²) in [4.78, 5) is 30.1. The van der Waals surface area contributed by atoms with E-state index in [4.69, 9.17) is 25.8 Å². The second-order valence-corrected chi connectivity index (χ2v) is 13.0. The summed E-state index contributed by atoms with van der Waals surface area (Å²) >= 11 is 6.32. The van der Waals surface area contributed by atoms with Crippen LogP contribution in [0.1, 0.15) is 58.6 Å². The number of unbranched alkanes of at least 4 members (excludes halogenated alkanes) is 1. The Morgan fingerprint density at radius 1 is 1.05 bits per heavy atom. The maximum absolute atomic E-state index is 12.4. The number of ether oxygens (including phenoxy) is 3. The molecule has 9 heteroatoms. The minimum Gasteiger partial charge on any atom is -0.494 e. The van der Waals surface area contributed by atoms with E-state index >= 15 is 0 Å². The molecule has 0 radical (unpaired) electrons. The van der Waals surface area contributed by atoms with Crippen molar-refractivity contribution in [1.29, 1.82) is 0 Å². The maximum Gasteiger partial charge on any atom is 0.510 e. The van der Waals surface area contributed by atoms with Gasteiger partial charge in [0.15, 0.2) is 6.73 Å². The van der Waals surface area contributed by atoms with Crippen molar-refractivity contribution in [2.24, 2.45) is 5.41 Å². The molecule has 0 bridgehead atoms. The molecule has 43 heavy (non-hydrogen) atoms. The van der Waals surface area contributed by atoms with Crippen LogP contribution in [0.25, 0.3) is 6.08 Å². The van der Waals surface area contributed by atoms with Gasteiger partial charge in [-0.15, -0.1) is 0 Å². The van der Waals surface area contributed by atoms with Crippen LogP contribution in [0.5, 0.6) is 5.75 Å². The van der Waals surface area contributed by atoms with E-state index in [1.165, 1.54) is 11.8 Å². The zero-order chi connectivity index (χ0) is 31.6. The molecule has 2 aromatic rings. The van der Waals surface area contributed by atoms with Crippen LogP contribution < -0.4 is 14.5 Å². The van der Waals surface area contributed by atoms with E-state index in [0.717, 1.165) is 73.7 Å². The number of hydrogen-bond acceptors (Lipinski definition) is 8. The fraction of sp³-hybridized carbons (Fsp3) is 0.529. The molecule has 0 spiro atoms. The van der Waals surface area contributed by atoms with Gasteiger partial charge in [-0.3, -0.25) is 9.69 Å². The van der Waals surface area contributed by atoms with Crippen molar-refractivity contribution in [3.8, 4) is 5.75 Å². The number of benzene rings is 2. The maximum atomic E-state index is 12.4. The topological polar surface area (TPSA) is 71.5 Å². The summed E-state index contributed by atoms with van der Waals surface area (Å²) in [6.07, 6.45) is 5.13. The smallest absolute Gasteiger partial charge is 0.494 e. The number of piperazine rings is 1. The van der Waals surface area contributed by atoms with Crippen molar-refractivity contribution in [3.05, 3.63) is 58.6 Å². The SMILES string of the molecule is Cc1c(Cl)cccc1N1CCN(CCCCOc2ccc(/C=C\C=O)c(N(C)COC(=O)OC(C)(C)C(C)(C)C)c2)CC1. The Morgan fingerprint density at radius 3 is 2.44 bits per heavy atom. The third-order valence-corrected chi connectivity index (χ3v) is 8.79. The second kappa shape index (κ2) is 15.5. The largest absolute Gasteiger partial charge is 0.510 e. The van der Waals surface area contributed by atoms with E-state index in [-0.39, 0.29) is 12.1 Å². The average molecular weight is 614 g/mol. The van der Waals surface area contributed by atoms with E-state index < -0.39 is 11.8 Å². The molecule has 0 N–H and O–H groups in total. The fourth-order valence-electron chi connectivity index (χ4n) is 4.62. The summed E-state index contributed by atoms with van der Waals surface area (Å²) in [5.74, 6) is 0.715. The third kappa shape index (κ3) is 9.90. The van der Waals surface area contributed by atoms with Gasteiger partial charge in [0, 0.05) is 55.4 Å². The summed E-state index contributed by atoms with van der Waals surface area (Å²) in [5, 5.41) is 0.819. The van der Waals surface area contributed by atoms with Crippen LogP contribution in [0.15, 0.2) is 42.5 Å². The predicted octanol–water partition coefficient (Wildman–Crippen LogP) is 7.21. The molecule has 1 aliphatic heterocycles. The molecule has 8 nitrogen and oxygen atoms in total. The highest BCUT2D eigenvalue weighted by Crippen LogP contribution is 2.33. The fourth-order valence-corrected chi connectivity index (χ4v) is 4.79. The monoisotopic (exact) mass is 613 g/mol. The number of rotatable bonds is 13. The molecule has 0 atom stereocenters. The number of halogens is 1. The Hall–Kier alpha value is -3.23. The van der Waals surface area contributed by atoms with Crippen LogP contribution in [0.3, 0.4) is 0 Å². The third-order valence-electron chi connectivity index (χ3n) is 8.38. The Labute approximate surface area is 262 Å². The van der Waals surface area contributed by atoms with Gasteiger partial charge in [-0.1, -0.05) is 38.4 Å². The molecule has 0 aromatic heterocycles. The molecule has 2 aromatic carbocycles. The van der Waals surface area contributed by atoms with Crippen molar-refractivity contribution in [1.82, 2.24) is 4.90 Å². The Kier molecular flexibility index (Phi) is 12.3. The highest BCUT2D eigenvalue weighted by Gasteiger charge is 2.37. The number of carbonyl (C=O) groups is 2. The first-order valence-corrected chi connectivity index (χ1v) is 15.4. The lowest BCUT2D eigenvalue weighted by Crippen LogP contribution is -2.46. The molecule has 1 heterocycles. The first-order chi connectivity index (χ1) is 20.3. The lowest BCUT2D eigenvalue weighted by molar-refractivity contribution is -0.104. The van der Waals surface area contributed by atoms with Crippen LogP contribution in [-0.2, 0) is 14.3 Å². The van der Waals surface area contributed by atoms with E-state index in [1.807, 2.05) is 72.0 Å². The summed E-state index contributed by atoms with van der Waals surface area (Å²) in [6.45, 7) is 17.5. The van der Waals surface area contributed by atoms with Crippen LogP contribution in [-0.4, -0.2) is 76.1 Å². The van der Waals surface area contributed by atoms with Gasteiger partial charge in [-0.05, 0) is 87.7 Å². The number of hydrogen-bond donors (Lipinski definition) is 0. The number of allylic oxidation sites excluding steroid dienone is 1. The first kappa shape index (κ1) is 34.3. The molecule has 0 aliphatic carbocycles. The van der Waals surface area contributed by atoms with Gasteiger partial charge in [-0.2, -0.15) is 0 Å². The van der Waals surface area contributed by atoms with Crippen molar-refractivity contribution in [2.75, 3.05) is 62.9 Å². The van der Waals surface area contributed by atoms with E-state index in [1.54, 1.807) is 11.0 Å². The second-order valence-electron chi connectivity index (χ2n) is 12.6. The van der Waals surface area contributed by atoms with Crippen molar-refractivity contribution < 1.29 is 23.8 Å². The molecule has 0 saturated carbocycles. The summed E-state index contributed by atoms with van der Waals surface area (Å²) in [5.41, 5.74) is 3.01. The van der Waals surface area contributed by atoms with E-state index in [0.29, 0.717) is 12.4 Å². The van der Waals surface area contributed by atoms with Gasteiger partial charge < -0.3 is 24.0 Å². The standard InChI is InChI=1S/C34H48ClN3O5/c1-26-29(35)13-10-14-30(26)38-20-18-37(19-21-38)17-8-9-23-41-28-16-15-27(12-11-22-39)31(24-28)36(7)25-42-32(40)43-34(5,6)33(2,3)4/h10-16,22,24H,8-9,17-21,23,25H2,1-7H3/b12-11-. The predicted molar refractivity (Wildman–Crippen MR) is 175 cm³/mol. The molecule has 236 valence electrons. The summed E-state index contributed by atoms with van der Waals surface area (Å²) < 4.78 is 17.1. The average Bonchev–Trinajstić information content (AvgIpc) is 2.96. The molecular weight excluding hydrogens is 566 g/mol. The number of carbonyl (C=O) groups excluding carboxylic acids is 2. The summed E-state index contributed by atoms with van der Waals surface area (Å²) in [6, 6.07) is 11.8. The minimum atomic E-state index is -0.731. The van der Waals surface area contributed by atoms with Gasteiger partial charge >= 0.3 is 6.16 Å². The molecule has 1 saturated heterocycles. The van der Waals surface area contributed by atoms with Gasteiger partial charge in [0.05, 0.1) is 12.3 Å².